The van der Waals surface area contributed by atoms with E-state index in [0.717, 1.165) is 26.1 Å². The zero-order valence-corrected chi connectivity index (χ0v) is 6.61. The highest BCUT2D eigenvalue weighted by molar-refractivity contribution is 4.94. The highest BCUT2D eigenvalue weighted by atomic mass is 15.0. The van der Waals surface area contributed by atoms with E-state index in [1.165, 1.54) is 5.57 Å². The average molecular weight is 140 g/mol. The van der Waals surface area contributed by atoms with Crippen molar-refractivity contribution >= 4 is 0 Å². The summed E-state index contributed by atoms with van der Waals surface area (Å²) in [5.41, 5.74) is 1.27. The van der Waals surface area contributed by atoms with Gasteiger partial charge in [-0.3, -0.25) is 0 Å². The summed E-state index contributed by atoms with van der Waals surface area (Å²) in [5, 5.41) is 6.76. The monoisotopic (exact) mass is 140 g/mol. The molecule has 0 spiro atoms. The molecule has 0 saturated carbocycles. The Hall–Kier alpha value is -0.340. The highest BCUT2D eigenvalue weighted by Crippen LogP contribution is 2.01. The first-order valence-electron chi connectivity index (χ1n) is 3.87. The summed E-state index contributed by atoms with van der Waals surface area (Å²) < 4.78 is 0. The lowest BCUT2D eigenvalue weighted by Gasteiger charge is -2.24. The molecule has 1 aliphatic rings. The van der Waals surface area contributed by atoms with Gasteiger partial charge in [-0.1, -0.05) is 5.57 Å². The van der Waals surface area contributed by atoms with Gasteiger partial charge in [0.15, 0.2) is 0 Å². The molecule has 10 heavy (non-hydrogen) atoms. The Balaban J connectivity index is 2.19. The lowest BCUT2D eigenvalue weighted by molar-refractivity contribution is 0.416. The Kier molecular flexibility index (Phi) is 2.90. The Bertz CT molecular complexity index is 114. The van der Waals surface area contributed by atoms with Crippen LogP contribution in [0.15, 0.2) is 12.2 Å². The van der Waals surface area contributed by atoms with Gasteiger partial charge in [-0.15, -0.1) is 6.58 Å². The molecule has 1 heterocycles. The first-order valence-corrected chi connectivity index (χ1v) is 3.87. The van der Waals surface area contributed by atoms with Crippen LogP contribution >= 0.6 is 0 Å². The fourth-order valence-electron chi connectivity index (χ4n) is 1.28. The molecule has 1 unspecified atom stereocenters. The van der Waals surface area contributed by atoms with Gasteiger partial charge < -0.3 is 10.6 Å². The molecule has 1 aliphatic heterocycles. The molecule has 0 aliphatic carbocycles. The molecule has 0 aromatic rings. The van der Waals surface area contributed by atoms with Crippen LogP contribution in [0.1, 0.15) is 13.3 Å². The average Bonchev–Trinajstić information content (AvgIpc) is 1.88. The molecule has 2 nitrogen and oxygen atoms in total. The van der Waals surface area contributed by atoms with Crippen molar-refractivity contribution in [3.63, 3.8) is 0 Å². The van der Waals surface area contributed by atoms with Gasteiger partial charge in [0.1, 0.15) is 0 Å². The molecular weight excluding hydrogens is 124 g/mol. The number of hydrogen-bond donors (Lipinski definition) is 2. The van der Waals surface area contributed by atoms with Gasteiger partial charge >= 0.3 is 0 Å². The van der Waals surface area contributed by atoms with Crippen LogP contribution in [-0.2, 0) is 0 Å². The molecule has 2 N–H and O–H groups in total. The summed E-state index contributed by atoms with van der Waals surface area (Å²) in [7, 11) is 0. The van der Waals surface area contributed by atoms with Crippen LogP contribution in [0.4, 0.5) is 0 Å². The summed E-state index contributed by atoms with van der Waals surface area (Å²) in [6, 6.07) is 0.617. The number of nitrogens with one attached hydrogen (secondary N) is 2. The van der Waals surface area contributed by atoms with Crippen LogP contribution < -0.4 is 10.6 Å². The molecule has 0 radical (unpaired) electrons. The highest BCUT2D eigenvalue weighted by Gasteiger charge is 2.10. The third-order valence-electron chi connectivity index (χ3n) is 1.72. The maximum atomic E-state index is 3.88. The van der Waals surface area contributed by atoms with Crippen LogP contribution in [0.5, 0.6) is 0 Å². The van der Waals surface area contributed by atoms with Crippen molar-refractivity contribution in [2.45, 2.75) is 19.4 Å². The molecule has 1 rings (SSSR count). The minimum atomic E-state index is 0.617. The van der Waals surface area contributed by atoms with Crippen molar-refractivity contribution in [2.24, 2.45) is 0 Å². The minimum absolute atomic E-state index is 0.617. The molecular formula is C8H16N2. The second-order valence-corrected chi connectivity index (χ2v) is 3.02. The van der Waals surface area contributed by atoms with E-state index in [1.54, 1.807) is 0 Å². The molecule has 1 saturated heterocycles. The largest absolute Gasteiger partial charge is 0.314 e. The fourth-order valence-corrected chi connectivity index (χ4v) is 1.28. The minimum Gasteiger partial charge on any atom is -0.314 e. The first-order chi connectivity index (χ1) is 4.79. The molecule has 0 aromatic heterocycles. The van der Waals surface area contributed by atoms with Crippen molar-refractivity contribution < 1.29 is 0 Å². The van der Waals surface area contributed by atoms with Gasteiger partial charge in [0, 0.05) is 25.7 Å². The lowest BCUT2D eigenvalue weighted by Crippen LogP contribution is -2.48. The van der Waals surface area contributed by atoms with Crippen LogP contribution in [0.3, 0.4) is 0 Å². The molecule has 58 valence electrons. The Labute approximate surface area is 62.7 Å². The number of hydrogen-bond acceptors (Lipinski definition) is 2. The maximum Gasteiger partial charge on any atom is 0.0229 e. The summed E-state index contributed by atoms with van der Waals surface area (Å²) in [5.74, 6) is 0. The van der Waals surface area contributed by atoms with Crippen molar-refractivity contribution in [1.29, 1.82) is 0 Å². The van der Waals surface area contributed by atoms with E-state index in [-0.39, 0.29) is 0 Å². The van der Waals surface area contributed by atoms with E-state index in [4.69, 9.17) is 0 Å². The van der Waals surface area contributed by atoms with Crippen molar-refractivity contribution in [3.8, 4) is 0 Å². The molecule has 0 aromatic carbocycles. The van der Waals surface area contributed by atoms with Crippen LogP contribution in [0.25, 0.3) is 0 Å². The molecule has 1 atom stereocenters. The standard InChI is InChI=1S/C8H16N2/c1-7(2)5-8-6-9-3-4-10-8/h8-10H,1,3-6H2,2H3. The second kappa shape index (κ2) is 3.74. The predicted molar refractivity (Wildman–Crippen MR) is 44.1 cm³/mol. The van der Waals surface area contributed by atoms with Gasteiger partial charge in [0.2, 0.25) is 0 Å². The Morgan fingerprint density at radius 3 is 2.90 bits per heavy atom. The van der Waals surface area contributed by atoms with Crippen molar-refractivity contribution in [3.05, 3.63) is 12.2 Å². The van der Waals surface area contributed by atoms with Gasteiger partial charge in [-0.05, 0) is 13.3 Å². The number of piperazine rings is 1. The van der Waals surface area contributed by atoms with E-state index in [2.05, 4.69) is 24.1 Å². The van der Waals surface area contributed by atoms with Crippen LogP contribution in [-0.4, -0.2) is 25.7 Å². The third-order valence-corrected chi connectivity index (χ3v) is 1.72. The van der Waals surface area contributed by atoms with E-state index in [0.29, 0.717) is 6.04 Å². The number of rotatable bonds is 2. The smallest absolute Gasteiger partial charge is 0.0229 e. The van der Waals surface area contributed by atoms with Crippen molar-refractivity contribution in [2.75, 3.05) is 19.6 Å². The predicted octanol–water partition coefficient (Wildman–Crippen LogP) is 0.514. The lowest BCUT2D eigenvalue weighted by atomic mass is 10.1. The summed E-state index contributed by atoms with van der Waals surface area (Å²) >= 11 is 0. The SMILES string of the molecule is C=C(C)CC1CNCCN1. The van der Waals surface area contributed by atoms with Gasteiger partial charge in [-0.25, -0.2) is 0 Å². The van der Waals surface area contributed by atoms with E-state index >= 15 is 0 Å². The van der Waals surface area contributed by atoms with Crippen molar-refractivity contribution in [1.82, 2.24) is 10.6 Å². The van der Waals surface area contributed by atoms with E-state index in [9.17, 15) is 0 Å². The summed E-state index contributed by atoms with van der Waals surface area (Å²) in [6.45, 7) is 9.25. The van der Waals surface area contributed by atoms with Crippen LogP contribution in [0, 0.1) is 0 Å². The molecule has 0 bridgehead atoms. The zero-order valence-electron chi connectivity index (χ0n) is 6.61. The van der Waals surface area contributed by atoms with E-state index < -0.39 is 0 Å². The Morgan fingerprint density at radius 2 is 2.40 bits per heavy atom. The molecule has 2 heteroatoms. The van der Waals surface area contributed by atoms with Gasteiger partial charge in [-0.2, -0.15) is 0 Å². The fraction of sp³-hybridized carbons (Fsp3) is 0.750. The zero-order chi connectivity index (χ0) is 7.40. The second-order valence-electron chi connectivity index (χ2n) is 3.02. The maximum absolute atomic E-state index is 3.88. The van der Waals surface area contributed by atoms with Crippen LogP contribution in [0.2, 0.25) is 0 Å². The van der Waals surface area contributed by atoms with Gasteiger partial charge in [0.05, 0.1) is 0 Å². The summed E-state index contributed by atoms with van der Waals surface area (Å²) in [6.07, 6.45) is 1.10. The van der Waals surface area contributed by atoms with Gasteiger partial charge in [0.25, 0.3) is 0 Å². The first kappa shape index (κ1) is 7.76. The summed E-state index contributed by atoms with van der Waals surface area (Å²) in [4.78, 5) is 0. The Morgan fingerprint density at radius 1 is 1.60 bits per heavy atom. The normalized spacial score (nSPS) is 26.3. The molecule has 1 fully saturated rings. The molecule has 0 amide bonds. The topological polar surface area (TPSA) is 24.1 Å². The van der Waals surface area contributed by atoms with E-state index in [1.807, 2.05) is 0 Å². The third kappa shape index (κ3) is 2.50. The quantitative estimate of drug-likeness (QED) is 0.546.